The van der Waals surface area contributed by atoms with Crippen LogP contribution < -0.4 is 0 Å². The van der Waals surface area contributed by atoms with Crippen molar-refractivity contribution in [1.29, 1.82) is 0 Å². The Morgan fingerprint density at radius 2 is 1.11 bits per heavy atom. The number of aliphatic hydroxyl groups excluding tert-OH is 6. The van der Waals surface area contributed by atoms with Gasteiger partial charge in [0, 0.05) is 6.08 Å². The number of aliphatic hydroxyl groups is 6. The van der Waals surface area contributed by atoms with E-state index < -0.39 is 37.8 Å². The van der Waals surface area contributed by atoms with E-state index in [-0.39, 0.29) is 13.2 Å². The van der Waals surface area contributed by atoms with Crippen LogP contribution in [0.4, 0.5) is 0 Å². The van der Waals surface area contributed by atoms with Gasteiger partial charge in [-0.1, -0.05) is 6.58 Å². The van der Waals surface area contributed by atoms with E-state index in [4.69, 9.17) is 35.7 Å². The fourth-order valence-electron chi connectivity index (χ4n) is 0.300. The molecule has 0 spiro atoms. The summed E-state index contributed by atoms with van der Waals surface area (Å²) in [6, 6.07) is 0. The number of carbonyl (C=O) groups is 1. The van der Waals surface area contributed by atoms with Crippen molar-refractivity contribution >= 4 is 5.97 Å². The molecule has 8 heteroatoms. The minimum atomic E-state index is -1.11. The van der Waals surface area contributed by atoms with Gasteiger partial charge in [0.05, 0.1) is 45.1 Å². The molecule has 0 saturated carbocycles. The molecular formula is C10H22O8. The molecule has 0 heterocycles. The van der Waals surface area contributed by atoms with Gasteiger partial charge < -0.3 is 35.7 Å². The van der Waals surface area contributed by atoms with Crippen molar-refractivity contribution in [3.63, 3.8) is 0 Å². The summed E-state index contributed by atoms with van der Waals surface area (Å²) in [7, 11) is 0. The van der Waals surface area contributed by atoms with Gasteiger partial charge in [-0.15, -0.1) is 0 Å². The minimum Gasteiger partial charge on any atom is -0.478 e. The number of carboxylic acid groups (broad SMARTS) is 1. The third-order valence-corrected chi connectivity index (χ3v) is 1.62. The largest absolute Gasteiger partial charge is 0.478 e. The second kappa shape index (κ2) is 16.0. The maximum Gasteiger partial charge on any atom is 0.327 e. The lowest BCUT2D eigenvalue weighted by Crippen LogP contribution is -2.37. The minimum absolute atomic E-state index is 0.125. The zero-order valence-electron chi connectivity index (χ0n) is 10.1. The summed E-state index contributed by atoms with van der Waals surface area (Å²) >= 11 is 0. The Morgan fingerprint density at radius 3 is 1.11 bits per heavy atom. The predicted octanol–water partition coefficient (Wildman–Crippen LogP) is -2.83. The number of aliphatic carboxylic acids is 1. The Bertz CT molecular complexity index is 171. The van der Waals surface area contributed by atoms with E-state index in [0.717, 1.165) is 6.08 Å². The van der Waals surface area contributed by atoms with Crippen molar-refractivity contribution in [2.75, 3.05) is 39.6 Å². The third kappa shape index (κ3) is 15.0. The number of hydrogen-bond donors (Lipinski definition) is 7. The quantitative estimate of drug-likeness (QED) is 0.254. The topological polar surface area (TPSA) is 159 Å². The lowest BCUT2D eigenvalue weighted by atomic mass is 9.93. The average molecular weight is 270 g/mol. The van der Waals surface area contributed by atoms with Crippen LogP contribution in [-0.4, -0.2) is 81.4 Å². The van der Waals surface area contributed by atoms with E-state index >= 15 is 0 Å². The maximum atomic E-state index is 9.25. The van der Waals surface area contributed by atoms with Crippen molar-refractivity contribution in [2.24, 2.45) is 5.41 Å². The van der Waals surface area contributed by atoms with Crippen LogP contribution in [0.25, 0.3) is 0 Å². The van der Waals surface area contributed by atoms with E-state index in [1.54, 1.807) is 0 Å². The first-order chi connectivity index (χ1) is 8.43. The summed E-state index contributed by atoms with van der Waals surface area (Å²) in [5.41, 5.74) is -1.11. The summed E-state index contributed by atoms with van der Waals surface area (Å²) in [6.07, 6.45) is 0.833. The summed E-state index contributed by atoms with van der Waals surface area (Å²) in [5, 5.41) is 56.8. The van der Waals surface area contributed by atoms with Crippen molar-refractivity contribution in [3.05, 3.63) is 12.7 Å². The molecule has 0 aliphatic heterocycles. The Morgan fingerprint density at radius 1 is 0.889 bits per heavy atom. The van der Waals surface area contributed by atoms with Gasteiger partial charge in [0.1, 0.15) is 0 Å². The molecule has 7 N–H and O–H groups in total. The molecule has 18 heavy (non-hydrogen) atoms. The smallest absolute Gasteiger partial charge is 0.327 e. The van der Waals surface area contributed by atoms with Crippen LogP contribution >= 0.6 is 0 Å². The predicted molar refractivity (Wildman–Crippen MR) is 62.8 cm³/mol. The van der Waals surface area contributed by atoms with Crippen LogP contribution in [0.5, 0.6) is 0 Å². The van der Waals surface area contributed by atoms with Gasteiger partial charge in [0.15, 0.2) is 0 Å². The Hall–Kier alpha value is -1.03. The molecule has 0 aliphatic carbocycles. The Labute approximate surface area is 105 Å². The van der Waals surface area contributed by atoms with E-state index in [2.05, 4.69) is 6.58 Å². The highest BCUT2D eigenvalue weighted by atomic mass is 16.4. The van der Waals surface area contributed by atoms with E-state index in [1.807, 2.05) is 0 Å². The summed E-state index contributed by atoms with van der Waals surface area (Å²) in [4.78, 5) is 9.25. The molecule has 0 unspecified atom stereocenters. The van der Waals surface area contributed by atoms with E-state index in [9.17, 15) is 4.79 Å². The van der Waals surface area contributed by atoms with Gasteiger partial charge in [-0.3, -0.25) is 0 Å². The molecule has 110 valence electrons. The fourth-order valence-corrected chi connectivity index (χ4v) is 0.300. The molecule has 0 aromatic heterocycles. The fraction of sp³-hybridized carbons (Fsp3) is 0.700. The number of carboxylic acids is 1. The highest BCUT2D eigenvalue weighted by molar-refractivity contribution is 5.78. The van der Waals surface area contributed by atoms with E-state index in [1.165, 1.54) is 0 Å². The van der Waals surface area contributed by atoms with Gasteiger partial charge in [-0.2, -0.15) is 0 Å². The van der Waals surface area contributed by atoms with E-state index in [0.29, 0.717) is 0 Å². The normalized spacial score (nSPS) is 9.44. The molecule has 0 radical (unpaired) electrons. The molecule has 0 bridgehead atoms. The lowest BCUT2D eigenvalue weighted by molar-refractivity contribution is -0.131. The molecule has 8 nitrogen and oxygen atoms in total. The molecule has 0 aromatic rings. The van der Waals surface area contributed by atoms with Crippen LogP contribution in [0.15, 0.2) is 12.7 Å². The van der Waals surface area contributed by atoms with Crippen molar-refractivity contribution in [2.45, 2.75) is 0 Å². The second-order valence-electron chi connectivity index (χ2n) is 3.12. The van der Waals surface area contributed by atoms with Crippen LogP contribution in [-0.2, 0) is 4.79 Å². The first-order valence-electron chi connectivity index (χ1n) is 4.94. The molecule has 0 atom stereocenters. The van der Waals surface area contributed by atoms with Gasteiger partial charge in [0.25, 0.3) is 0 Å². The number of hydrogen-bond acceptors (Lipinski definition) is 7. The molecule has 0 fully saturated rings. The van der Waals surface area contributed by atoms with Crippen molar-refractivity contribution < 1.29 is 40.5 Å². The van der Waals surface area contributed by atoms with Crippen LogP contribution in [0, 0.1) is 5.41 Å². The molecule has 0 amide bonds. The average Bonchev–Trinajstić information content (AvgIpc) is 2.43. The van der Waals surface area contributed by atoms with Crippen molar-refractivity contribution in [3.8, 4) is 0 Å². The third-order valence-electron chi connectivity index (χ3n) is 1.62. The van der Waals surface area contributed by atoms with Gasteiger partial charge in [0.2, 0.25) is 0 Å². The zero-order chi connectivity index (χ0) is 15.0. The number of rotatable bonds is 6. The summed E-state index contributed by atoms with van der Waals surface area (Å²) < 4.78 is 0. The highest BCUT2D eigenvalue weighted by Crippen LogP contribution is 2.11. The summed E-state index contributed by atoms with van der Waals surface area (Å²) in [5.74, 6) is -0.981. The molecule has 0 aromatic carbocycles. The monoisotopic (exact) mass is 270 g/mol. The SMILES string of the molecule is C=CC(=O)O.OCC(CO)(CO)CO.OCCO. The maximum absolute atomic E-state index is 9.25. The van der Waals surface area contributed by atoms with Crippen molar-refractivity contribution in [1.82, 2.24) is 0 Å². The molecule has 0 aliphatic rings. The van der Waals surface area contributed by atoms with Crippen LogP contribution in [0.3, 0.4) is 0 Å². The molecule has 0 saturated heterocycles. The first kappa shape index (κ1) is 22.2. The standard InChI is InChI=1S/C5H12O4.C3H4O2.C2H6O2/c6-1-5(2-7,3-8)4-9;1-2-3(4)5;3-1-2-4/h6-9H,1-4H2;2H,1H2,(H,4,5);3-4H,1-2H2. The van der Waals surface area contributed by atoms with Gasteiger partial charge in [-0.05, 0) is 0 Å². The van der Waals surface area contributed by atoms with Gasteiger partial charge in [-0.25, -0.2) is 4.79 Å². The molecule has 0 rings (SSSR count). The lowest BCUT2D eigenvalue weighted by Gasteiger charge is -2.23. The van der Waals surface area contributed by atoms with Crippen LogP contribution in [0.2, 0.25) is 0 Å². The van der Waals surface area contributed by atoms with Gasteiger partial charge >= 0.3 is 5.97 Å². The Balaban J connectivity index is -0.000000212. The highest BCUT2D eigenvalue weighted by Gasteiger charge is 2.26. The zero-order valence-corrected chi connectivity index (χ0v) is 10.1. The van der Waals surface area contributed by atoms with Crippen LogP contribution in [0.1, 0.15) is 0 Å². The Kier molecular flexibility index (Phi) is 19.7. The summed E-state index contributed by atoms with van der Waals surface area (Å²) in [6.45, 7) is 1.09. The molecular weight excluding hydrogens is 248 g/mol. The second-order valence-corrected chi connectivity index (χ2v) is 3.12. The first-order valence-corrected chi connectivity index (χ1v) is 4.94.